The zero-order chi connectivity index (χ0) is 14.5. The Morgan fingerprint density at radius 1 is 1.30 bits per heavy atom. The van der Waals surface area contributed by atoms with Crippen molar-refractivity contribution < 1.29 is 9.18 Å². The number of hydrogen-bond acceptors (Lipinski definition) is 3. The molecule has 1 aromatic rings. The van der Waals surface area contributed by atoms with Crippen molar-refractivity contribution in [3.8, 4) is 0 Å². The average Bonchev–Trinajstić information content (AvgIpc) is 2.64. The van der Waals surface area contributed by atoms with Crippen LogP contribution in [0, 0.1) is 12.7 Å². The number of carbonyl (C=O) groups excluding carboxylic acids is 1. The molecular formula is C15H22FN3O. The van der Waals surface area contributed by atoms with Gasteiger partial charge in [0.05, 0.1) is 0 Å². The lowest BCUT2D eigenvalue weighted by Crippen LogP contribution is -2.36. The van der Waals surface area contributed by atoms with Gasteiger partial charge in [0.25, 0.3) is 5.91 Å². The molecule has 5 heteroatoms. The van der Waals surface area contributed by atoms with E-state index in [1.54, 1.807) is 13.0 Å². The summed E-state index contributed by atoms with van der Waals surface area (Å²) in [5.41, 5.74) is 6.86. The molecule has 4 nitrogen and oxygen atoms in total. The van der Waals surface area contributed by atoms with Crippen LogP contribution in [0.3, 0.4) is 0 Å². The van der Waals surface area contributed by atoms with E-state index in [0.717, 1.165) is 32.6 Å². The maximum absolute atomic E-state index is 13.1. The second-order valence-electron chi connectivity index (χ2n) is 5.24. The number of halogens is 1. The Bertz CT molecular complexity index is 478. The first-order chi connectivity index (χ1) is 9.61. The van der Waals surface area contributed by atoms with E-state index in [1.165, 1.54) is 12.1 Å². The molecular weight excluding hydrogens is 257 g/mol. The molecule has 0 spiro atoms. The van der Waals surface area contributed by atoms with Crippen molar-refractivity contribution in [2.45, 2.75) is 13.3 Å². The first kappa shape index (κ1) is 14.9. The quantitative estimate of drug-likeness (QED) is 0.905. The Kier molecular flexibility index (Phi) is 5.09. The molecule has 1 heterocycles. The molecule has 0 aromatic heterocycles. The van der Waals surface area contributed by atoms with Crippen molar-refractivity contribution in [2.24, 2.45) is 5.73 Å². The lowest BCUT2D eigenvalue weighted by molar-refractivity contribution is 0.0761. The smallest absolute Gasteiger partial charge is 0.254 e. The Hall–Kier alpha value is -1.46. The molecule has 0 aliphatic carbocycles. The van der Waals surface area contributed by atoms with Gasteiger partial charge >= 0.3 is 0 Å². The van der Waals surface area contributed by atoms with E-state index in [-0.39, 0.29) is 11.7 Å². The van der Waals surface area contributed by atoms with Gasteiger partial charge in [-0.15, -0.1) is 0 Å². The molecule has 0 radical (unpaired) electrons. The van der Waals surface area contributed by atoms with E-state index in [1.807, 2.05) is 4.90 Å². The predicted molar refractivity (Wildman–Crippen MR) is 77.2 cm³/mol. The van der Waals surface area contributed by atoms with Crippen LogP contribution in [0.2, 0.25) is 0 Å². The van der Waals surface area contributed by atoms with Crippen molar-refractivity contribution in [1.82, 2.24) is 9.80 Å². The highest BCUT2D eigenvalue weighted by molar-refractivity contribution is 5.95. The topological polar surface area (TPSA) is 49.6 Å². The van der Waals surface area contributed by atoms with Crippen molar-refractivity contribution in [2.75, 3.05) is 39.3 Å². The van der Waals surface area contributed by atoms with Crippen LogP contribution in [-0.4, -0.2) is 55.0 Å². The fraction of sp³-hybridized carbons (Fsp3) is 0.533. The van der Waals surface area contributed by atoms with Gasteiger partial charge in [0.1, 0.15) is 5.82 Å². The SMILES string of the molecule is Cc1cc(F)ccc1C(=O)N1CCCN(CCN)CC1. The highest BCUT2D eigenvalue weighted by Gasteiger charge is 2.21. The molecule has 110 valence electrons. The first-order valence-electron chi connectivity index (χ1n) is 7.09. The fourth-order valence-electron chi connectivity index (χ4n) is 2.62. The van der Waals surface area contributed by atoms with Crippen molar-refractivity contribution in [1.29, 1.82) is 0 Å². The summed E-state index contributed by atoms with van der Waals surface area (Å²) in [6, 6.07) is 4.33. The van der Waals surface area contributed by atoms with Gasteiger partial charge in [0.15, 0.2) is 0 Å². The summed E-state index contributed by atoms with van der Waals surface area (Å²) in [6.45, 7) is 6.57. The van der Waals surface area contributed by atoms with Crippen LogP contribution in [-0.2, 0) is 0 Å². The molecule has 1 aliphatic rings. The van der Waals surface area contributed by atoms with Crippen LogP contribution in [0.15, 0.2) is 18.2 Å². The third-order valence-corrected chi connectivity index (χ3v) is 3.74. The van der Waals surface area contributed by atoms with Crippen LogP contribution in [0.5, 0.6) is 0 Å². The average molecular weight is 279 g/mol. The molecule has 0 saturated carbocycles. The molecule has 20 heavy (non-hydrogen) atoms. The number of carbonyl (C=O) groups is 1. The maximum atomic E-state index is 13.1. The van der Waals surface area contributed by atoms with Crippen LogP contribution in [0.1, 0.15) is 22.3 Å². The minimum atomic E-state index is -0.302. The molecule has 1 saturated heterocycles. The lowest BCUT2D eigenvalue weighted by atomic mass is 10.1. The third kappa shape index (κ3) is 3.55. The first-order valence-corrected chi connectivity index (χ1v) is 7.09. The standard InChI is InChI=1S/C15H22FN3O/c1-12-11-13(16)3-4-14(12)15(20)19-7-2-6-18(8-5-17)9-10-19/h3-4,11H,2,5-10,17H2,1H3. The van der Waals surface area contributed by atoms with Crippen LogP contribution in [0.25, 0.3) is 0 Å². The molecule has 2 N–H and O–H groups in total. The molecule has 2 rings (SSSR count). The molecule has 0 bridgehead atoms. The number of hydrogen-bond donors (Lipinski definition) is 1. The summed E-state index contributed by atoms with van der Waals surface area (Å²) in [4.78, 5) is 16.6. The van der Waals surface area contributed by atoms with E-state index in [2.05, 4.69) is 4.90 Å². The lowest BCUT2D eigenvalue weighted by Gasteiger charge is -2.22. The van der Waals surface area contributed by atoms with Crippen LogP contribution < -0.4 is 5.73 Å². The summed E-state index contributed by atoms with van der Waals surface area (Å²) in [6.07, 6.45) is 0.950. The van der Waals surface area contributed by atoms with Gasteiger partial charge in [0.2, 0.25) is 0 Å². The van der Waals surface area contributed by atoms with Crippen molar-refractivity contribution >= 4 is 5.91 Å². The monoisotopic (exact) mass is 279 g/mol. The number of aryl methyl sites for hydroxylation is 1. The maximum Gasteiger partial charge on any atom is 0.254 e. The van der Waals surface area contributed by atoms with Gasteiger partial charge in [-0.2, -0.15) is 0 Å². The second-order valence-corrected chi connectivity index (χ2v) is 5.24. The summed E-state index contributed by atoms with van der Waals surface area (Å²) in [7, 11) is 0. The summed E-state index contributed by atoms with van der Waals surface area (Å²) < 4.78 is 13.1. The Balaban J connectivity index is 2.05. The van der Waals surface area contributed by atoms with Gasteiger partial charge in [0, 0.05) is 38.3 Å². The van der Waals surface area contributed by atoms with Crippen molar-refractivity contribution in [3.05, 3.63) is 35.1 Å². The van der Waals surface area contributed by atoms with Gasteiger partial charge in [-0.25, -0.2) is 4.39 Å². The Morgan fingerprint density at radius 2 is 2.10 bits per heavy atom. The molecule has 1 fully saturated rings. The number of nitrogens with two attached hydrogens (primary N) is 1. The Labute approximate surface area is 119 Å². The normalized spacial score (nSPS) is 17.1. The molecule has 1 aromatic carbocycles. The zero-order valence-electron chi connectivity index (χ0n) is 11.9. The summed E-state index contributed by atoms with van der Waals surface area (Å²) in [5, 5.41) is 0. The van der Waals surface area contributed by atoms with Crippen LogP contribution >= 0.6 is 0 Å². The third-order valence-electron chi connectivity index (χ3n) is 3.74. The fourth-order valence-corrected chi connectivity index (χ4v) is 2.62. The highest BCUT2D eigenvalue weighted by atomic mass is 19.1. The number of rotatable bonds is 3. The minimum absolute atomic E-state index is 0.00269. The van der Waals surface area contributed by atoms with E-state index in [4.69, 9.17) is 5.73 Å². The number of amides is 1. The van der Waals surface area contributed by atoms with Gasteiger partial charge in [-0.05, 0) is 43.7 Å². The largest absolute Gasteiger partial charge is 0.337 e. The summed E-state index contributed by atoms with van der Waals surface area (Å²) in [5.74, 6) is -0.305. The van der Waals surface area contributed by atoms with E-state index >= 15 is 0 Å². The summed E-state index contributed by atoms with van der Waals surface area (Å²) >= 11 is 0. The van der Waals surface area contributed by atoms with Gasteiger partial charge in [-0.1, -0.05) is 0 Å². The number of benzene rings is 1. The number of nitrogens with zero attached hydrogens (tertiary/aromatic N) is 2. The highest BCUT2D eigenvalue weighted by Crippen LogP contribution is 2.14. The second kappa shape index (κ2) is 6.81. The Morgan fingerprint density at radius 3 is 2.80 bits per heavy atom. The minimum Gasteiger partial charge on any atom is -0.337 e. The molecule has 1 amide bonds. The zero-order valence-corrected chi connectivity index (χ0v) is 11.9. The molecule has 1 aliphatic heterocycles. The van der Waals surface area contributed by atoms with Gasteiger partial charge in [-0.3, -0.25) is 4.79 Å². The predicted octanol–water partition coefficient (Wildman–Crippen LogP) is 1.24. The van der Waals surface area contributed by atoms with E-state index in [0.29, 0.717) is 24.2 Å². The van der Waals surface area contributed by atoms with Crippen molar-refractivity contribution in [3.63, 3.8) is 0 Å². The van der Waals surface area contributed by atoms with E-state index in [9.17, 15) is 9.18 Å². The van der Waals surface area contributed by atoms with Gasteiger partial charge < -0.3 is 15.5 Å². The van der Waals surface area contributed by atoms with E-state index < -0.39 is 0 Å². The molecule has 0 unspecified atom stereocenters. The van der Waals surface area contributed by atoms with Crippen LogP contribution in [0.4, 0.5) is 4.39 Å². The molecule has 0 atom stereocenters.